The molecule has 0 aromatic carbocycles. The van der Waals surface area contributed by atoms with Crippen molar-refractivity contribution >= 4 is 6.47 Å². The lowest BCUT2D eigenvalue weighted by Gasteiger charge is -2.06. The second-order valence-corrected chi connectivity index (χ2v) is 2.62. The molecule has 0 aliphatic rings. The lowest BCUT2D eigenvalue weighted by atomic mass is 10.2. The highest BCUT2D eigenvalue weighted by atomic mass is 16.3. The first-order valence-corrected chi connectivity index (χ1v) is 3.91. The maximum Gasteiger partial charge on any atom is 0.290 e. The maximum absolute atomic E-state index is 8.36. The fraction of sp³-hybridized carbons (Fsp3) is 0.875. The second kappa shape index (κ2) is 12.1. The van der Waals surface area contributed by atoms with Crippen molar-refractivity contribution in [3.8, 4) is 0 Å². The summed E-state index contributed by atoms with van der Waals surface area (Å²) in [6.07, 6.45) is 4.05. The van der Waals surface area contributed by atoms with Crippen LogP contribution in [0.2, 0.25) is 0 Å². The Morgan fingerprint density at radius 3 is 2.09 bits per heavy atom. The third-order valence-corrected chi connectivity index (χ3v) is 1.21. The molecule has 3 nitrogen and oxygen atoms in total. The van der Waals surface area contributed by atoms with Gasteiger partial charge >= 0.3 is 0 Å². The Labute approximate surface area is 69.0 Å². The smallest absolute Gasteiger partial charge is 0.290 e. The van der Waals surface area contributed by atoms with Crippen molar-refractivity contribution in [1.29, 1.82) is 0 Å². The van der Waals surface area contributed by atoms with Gasteiger partial charge in [0.25, 0.3) is 6.47 Å². The third kappa shape index (κ3) is 26.5. The highest BCUT2D eigenvalue weighted by Gasteiger charge is 1.86. The first kappa shape index (κ1) is 13.1. The zero-order chi connectivity index (χ0) is 9.11. The van der Waals surface area contributed by atoms with E-state index in [1.807, 2.05) is 0 Å². The van der Waals surface area contributed by atoms with Crippen LogP contribution < -0.4 is 0 Å². The molecule has 11 heavy (non-hydrogen) atoms. The molecule has 0 unspecified atom stereocenters. The summed E-state index contributed by atoms with van der Waals surface area (Å²) in [6, 6.07) is 0. The van der Waals surface area contributed by atoms with Crippen LogP contribution in [0.1, 0.15) is 26.2 Å². The van der Waals surface area contributed by atoms with Crippen molar-refractivity contribution in [2.75, 3.05) is 20.6 Å². The molecular weight excluding hydrogens is 142 g/mol. The standard InChI is InChI=1S/C7H17N.CH2O2/c1-4-5-6-7-8(2)3;2-1-3/h4-7H2,1-3H3;1H,(H,2,3). The minimum absolute atomic E-state index is 0.250. The minimum atomic E-state index is -0.250. The number of hydrogen-bond donors (Lipinski definition) is 1. The predicted molar refractivity (Wildman–Crippen MR) is 46.8 cm³/mol. The fourth-order valence-corrected chi connectivity index (χ4v) is 0.678. The van der Waals surface area contributed by atoms with Crippen LogP contribution in [0, 0.1) is 0 Å². The Morgan fingerprint density at radius 1 is 1.36 bits per heavy atom. The van der Waals surface area contributed by atoms with E-state index in [1.54, 1.807) is 0 Å². The molecule has 1 N–H and O–H groups in total. The van der Waals surface area contributed by atoms with Crippen LogP contribution in [0.15, 0.2) is 0 Å². The SMILES string of the molecule is CCCCCN(C)C.O=CO. The Bertz CT molecular complexity index is 74.5. The molecule has 0 aromatic rings. The number of rotatable bonds is 4. The van der Waals surface area contributed by atoms with Gasteiger partial charge in [0.15, 0.2) is 0 Å². The number of carbonyl (C=O) groups is 1. The molecule has 0 bridgehead atoms. The highest BCUT2D eigenvalue weighted by Crippen LogP contribution is 1.93. The van der Waals surface area contributed by atoms with Gasteiger partial charge in [-0.05, 0) is 27.1 Å². The van der Waals surface area contributed by atoms with Gasteiger partial charge in [0.1, 0.15) is 0 Å². The lowest BCUT2D eigenvalue weighted by Crippen LogP contribution is -2.12. The molecule has 0 aromatic heterocycles. The van der Waals surface area contributed by atoms with Crippen molar-refractivity contribution in [2.24, 2.45) is 0 Å². The molecular formula is C8H19NO2. The molecule has 0 amide bonds. The van der Waals surface area contributed by atoms with Crippen molar-refractivity contribution < 1.29 is 9.90 Å². The highest BCUT2D eigenvalue weighted by molar-refractivity contribution is 5.32. The topological polar surface area (TPSA) is 40.5 Å². The van der Waals surface area contributed by atoms with Crippen LogP contribution in [0.3, 0.4) is 0 Å². The first-order valence-electron chi connectivity index (χ1n) is 3.91. The zero-order valence-electron chi connectivity index (χ0n) is 7.71. The number of unbranched alkanes of at least 4 members (excludes halogenated alkanes) is 2. The monoisotopic (exact) mass is 161 g/mol. The molecule has 0 fully saturated rings. The molecule has 0 saturated heterocycles. The van der Waals surface area contributed by atoms with E-state index in [9.17, 15) is 0 Å². The van der Waals surface area contributed by atoms with Gasteiger partial charge in [-0.3, -0.25) is 4.79 Å². The van der Waals surface area contributed by atoms with E-state index in [0.29, 0.717) is 0 Å². The summed E-state index contributed by atoms with van der Waals surface area (Å²) in [5.41, 5.74) is 0. The van der Waals surface area contributed by atoms with E-state index < -0.39 is 0 Å². The van der Waals surface area contributed by atoms with E-state index in [0.717, 1.165) is 0 Å². The molecule has 0 aliphatic heterocycles. The first-order chi connectivity index (χ1) is 5.18. The Morgan fingerprint density at radius 2 is 1.82 bits per heavy atom. The second-order valence-electron chi connectivity index (χ2n) is 2.62. The van der Waals surface area contributed by atoms with Gasteiger partial charge in [0.05, 0.1) is 0 Å². The van der Waals surface area contributed by atoms with E-state index in [2.05, 4.69) is 25.9 Å². The minimum Gasteiger partial charge on any atom is -0.483 e. The van der Waals surface area contributed by atoms with Crippen molar-refractivity contribution in [1.82, 2.24) is 4.90 Å². The van der Waals surface area contributed by atoms with Gasteiger partial charge in [-0.1, -0.05) is 19.8 Å². The average Bonchev–Trinajstić information content (AvgIpc) is 1.89. The van der Waals surface area contributed by atoms with E-state index >= 15 is 0 Å². The number of carboxylic acid groups (broad SMARTS) is 1. The molecule has 0 aliphatic carbocycles. The fourth-order valence-electron chi connectivity index (χ4n) is 0.678. The number of nitrogens with zero attached hydrogens (tertiary/aromatic N) is 1. The Hall–Kier alpha value is -0.570. The van der Waals surface area contributed by atoms with Gasteiger partial charge < -0.3 is 10.0 Å². The van der Waals surface area contributed by atoms with Crippen molar-refractivity contribution in [3.63, 3.8) is 0 Å². The van der Waals surface area contributed by atoms with Crippen molar-refractivity contribution in [3.05, 3.63) is 0 Å². The largest absolute Gasteiger partial charge is 0.483 e. The lowest BCUT2D eigenvalue weighted by molar-refractivity contribution is -0.122. The predicted octanol–water partition coefficient (Wildman–Crippen LogP) is 1.44. The summed E-state index contributed by atoms with van der Waals surface area (Å²) >= 11 is 0. The maximum atomic E-state index is 8.36. The summed E-state index contributed by atoms with van der Waals surface area (Å²) in [4.78, 5) is 10.6. The van der Waals surface area contributed by atoms with Gasteiger partial charge in [-0.25, -0.2) is 0 Å². The van der Waals surface area contributed by atoms with Crippen molar-refractivity contribution in [2.45, 2.75) is 26.2 Å². The van der Waals surface area contributed by atoms with Crippen LogP contribution in [-0.4, -0.2) is 37.1 Å². The zero-order valence-corrected chi connectivity index (χ0v) is 7.71. The van der Waals surface area contributed by atoms with Gasteiger partial charge in [-0.15, -0.1) is 0 Å². The van der Waals surface area contributed by atoms with E-state index in [4.69, 9.17) is 9.90 Å². The van der Waals surface area contributed by atoms with Crippen LogP contribution >= 0.6 is 0 Å². The van der Waals surface area contributed by atoms with Crippen LogP contribution in [0.4, 0.5) is 0 Å². The van der Waals surface area contributed by atoms with Crippen LogP contribution in [0.25, 0.3) is 0 Å². The molecule has 3 heteroatoms. The summed E-state index contributed by atoms with van der Waals surface area (Å²) < 4.78 is 0. The summed E-state index contributed by atoms with van der Waals surface area (Å²) in [7, 11) is 4.24. The van der Waals surface area contributed by atoms with E-state index in [1.165, 1.54) is 25.8 Å². The normalized spacial score (nSPS) is 8.73. The third-order valence-electron chi connectivity index (χ3n) is 1.21. The number of hydrogen-bond acceptors (Lipinski definition) is 2. The summed E-state index contributed by atoms with van der Waals surface area (Å²) in [5.74, 6) is 0. The molecule has 68 valence electrons. The Kier molecular flexibility index (Phi) is 14.4. The molecule has 0 atom stereocenters. The summed E-state index contributed by atoms with van der Waals surface area (Å²) in [6.45, 7) is 3.23. The van der Waals surface area contributed by atoms with Gasteiger partial charge in [0, 0.05) is 0 Å². The Balaban J connectivity index is 0. The molecule has 0 spiro atoms. The van der Waals surface area contributed by atoms with Crippen LogP contribution in [0.5, 0.6) is 0 Å². The van der Waals surface area contributed by atoms with E-state index in [-0.39, 0.29) is 6.47 Å². The molecule has 0 radical (unpaired) electrons. The summed E-state index contributed by atoms with van der Waals surface area (Å²) in [5, 5.41) is 6.89. The van der Waals surface area contributed by atoms with Crippen LogP contribution in [-0.2, 0) is 4.79 Å². The van der Waals surface area contributed by atoms with Gasteiger partial charge in [-0.2, -0.15) is 0 Å². The average molecular weight is 161 g/mol. The quantitative estimate of drug-likeness (QED) is 0.501. The molecule has 0 heterocycles. The molecule has 0 rings (SSSR count). The molecule has 0 saturated carbocycles. The van der Waals surface area contributed by atoms with Gasteiger partial charge in [0.2, 0.25) is 0 Å².